The Morgan fingerprint density at radius 3 is 2.00 bits per heavy atom. The lowest BCUT2D eigenvalue weighted by Crippen LogP contribution is -2.37. The smallest absolute Gasteiger partial charge is 0.427 e. The molecular formula is C24H29F3O3. The maximum atomic E-state index is 12.9. The summed E-state index contributed by atoms with van der Waals surface area (Å²) in [4.78, 5) is 12.1. The summed E-state index contributed by atoms with van der Waals surface area (Å²) in [6, 6.07) is 14.6. The van der Waals surface area contributed by atoms with Crippen molar-refractivity contribution in [3.8, 4) is 11.1 Å². The first-order valence-electron chi connectivity index (χ1n) is 10.3. The molecule has 0 saturated carbocycles. The number of unbranched alkanes of at least 4 members (excludes halogenated alkanes) is 4. The maximum Gasteiger partial charge on any atom is 0.427 e. The number of methoxy groups -OCH3 is 1. The van der Waals surface area contributed by atoms with Gasteiger partial charge < -0.3 is 9.47 Å². The van der Waals surface area contributed by atoms with Crippen molar-refractivity contribution in [3.05, 3.63) is 59.7 Å². The van der Waals surface area contributed by atoms with E-state index in [-0.39, 0.29) is 5.56 Å². The first-order chi connectivity index (χ1) is 14.3. The Bertz CT molecular complexity index is 768. The van der Waals surface area contributed by atoms with Gasteiger partial charge in [-0.1, -0.05) is 69.0 Å². The molecule has 0 spiro atoms. The number of hydrogen-bond acceptors (Lipinski definition) is 3. The van der Waals surface area contributed by atoms with Gasteiger partial charge in [-0.2, -0.15) is 13.2 Å². The Balaban J connectivity index is 1.95. The van der Waals surface area contributed by atoms with Crippen LogP contribution < -0.4 is 0 Å². The number of hydrogen-bond donors (Lipinski definition) is 0. The number of halogens is 3. The fourth-order valence-corrected chi connectivity index (χ4v) is 3.14. The molecule has 6 heteroatoms. The van der Waals surface area contributed by atoms with E-state index < -0.39 is 24.9 Å². The predicted molar refractivity (Wildman–Crippen MR) is 111 cm³/mol. The molecule has 0 heterocycles. The van der Waals surface area contributed by atoms with Crippen LogP contribution >= 0.6 is 0 Å². The van der Waals surface area contributed by atoms with Crippen molar-refractivity contribution >= 4 is 5.97 Å². The second kappa shape index (κ2) is 11.7. The highest BCUT2D eigenvalue weighted by molar-refractivity contribution is 5.90. The van der Waals surface area contributed by atoms with Gasteiger partial charge in [0.1, 0.15) is 0 Å². The van der Waals surface area contributed by atoms with Gasteiger partial charge in [0.05, 0.1) is 12.2 Å². The van der Waals surface area contributed by atoms with Crippen molar-refractivity contribution in [3.63, 3.8) is 0 Å². The molecule has 30 heavy (non-hydrogen) atoms. The molecule has 0 saturated heterocycles. The average molecular weight is 422 g/mol. The normalized spacial score (nSPS) is 12.6. The highest BCUT2D eigenvalue weighted by atomic mass is 19.4. The third-order valence-electron chi connectivity index (χ3n) is 4.91. The van der Waals surface area contributed by atoms with E-state index in [1.54, 1.807) is 12.1 Å². The van der Waals surface area contributed by atoms with E-state index in [0.717, 1.165) is 24.7 Å². The summed E-state index contributed by atoms with van der Waals surface area (Å²) in [6.07, 6.45) is 0.306. The van der Waals surface area contributed by atoms with Crippen LogP contribution in [0.3, 0.4) is 0 Å². The zero-order valence-electron chi connectivity index (χ0n) is 17.5. The number of carbonyl (C=O) groups excluding carboxylic acids is 1. The first-order valence-corrected chi connectivity index (χ1v) is 10.3. The van der Waals surface area contributed by atoms with E-state index >= 15 is 0 Å². The van der Waals surface area contributed by atoms with Gasteiger partial charge in [-0.05, 0) is 41.7 Å². The summed E-state index contributed by atoms with van der Waals surface area (Å²) in [5.74, 6) is -1.03. The Kier molecular flexibility index (Phi) is 9.37. The summed E-state index contributed by atoms with van der Waals surface area (Å²) < 4.78 is 47.7. The van der Waals surface area contributed by atoms with Gasteiger partial charge in [-0.25, -0.2) is 4.79 Å². The monoisotopic (exact) mass is 422 g/mol. The predicted octanol–water partition coefficient (Wildman–Crippen LogP) is 6.60. The van der Waals surface area contributed by atoms with E-state index in [0.29, 0.717) is 0 Å². The van der Waals surface area contributed by atoms with Crippen molar-refractivity contribution in [1.82, 2.24) is 0 Å². The fourth-order valence-electron chi connectivity index (χ4n) is 3.14. The number of rotatable bonds is 11. The van der Waals surface area contributed by atoms with Crippen LogP contribution in [0.25, 0.3) is 11.1 Å². The summed E-state index contributed by atoms with van der Waals surface area (Å²) >= 11 is 0. The van der Waals surface area contributed by atoms with Gasteiger partial charge in [-0.3, -0.25) is 0 Å². The SMILES string of the molecule is CCCCCCCc1ccc(-c2ccc(C(=O)OC(COC)C(F)(F)F)cc2)cc1. The van der Waals surface area contributed by atoms with Crippen LogP contribution in [-0.2, 0) is 15.9 Å². The molecule has 0 aliphatic rings. The second-order valence-electron chi connectivity index (χ2n) is 7.33. The first kappa shape index (κ1) is 23.9. The molecule has 0 aliphatic carbocycles. The van der Waals surface area contributed by atoms with Gasteiger partial charge in [0.15, 0.2) is 0 Å². The largest absolute Gasteiger partial charge is 0.447 e. The van der Waals surface area contributed by atoms with Crippen LogP contribution in [0, 0.1) is 0 Å². The fraction of sp³-hybridized carbons (Fsp3) is 0.458. The number of esters is 1. The lowest BCUT2D eigenvalue weighted by atomic mass is 10.00. The Morgan fingerprint density at radius 1 is 0.900 bits per heavy atom. The Hall–Kier alpha value is -2.34. The lowest BCUT2D eigenvalue weighted by molar-refractivity contribution is -0.215. The molecule has 0 aromatic heterocycles. The number of ether oxygens (including phenoxy) is 2. The minimum Gasteiger partial charge on any atom is -0.447 e. The number of benzene rings is 2. The van der Waals surface area contributed by atoms with Crippen LogP contribution in [-0.4, -0.2) is 32.0 Å². The molecular weight excluding hydrogens is 393 g/mol. The summed E-state index contributed by atoms with van der Waals surface area (Å²) in [5.41, 5.74) is 3.21. The molecule has 0 bridgehead atoms. The quantitative estimate of drug-likeness (QED) is 0.302. The highest BCUT2D eigenvalue weighted by Gasteiger charge is 2.43. The van der Waals surface area contributed by atoms with E-state index in [1.807, 2.05) is 12.1 Å². The van der Waals surface area contributed by atoms with Crippen LogP contribution in [0.5, 0.6) is 0 Å². The molecule has 2 rings (SSSR count). The molecule has 0 N–H and O–H groups in total. The van der Waals surface area contributed by atoms with Gasteiger partial charge >= 0.3 is 12.1 Å². The molecule has 3 nitrogen and oxygen atoms in total. The van der Waals surface area contributed by atoms with E-state index in [2.05, 4.69) is 28.5 Å². The summed E-state index contributed by atoms with van der Waals surface area (Å²) in [7, 11) is 1.12. The van der Waals surface area contributed by atoms with E-state index in [9.17, 15) is 18.0 Å². The highest BCUT2D eigenvalue weighted by Crippen LogP contribution is 2.25. The number of alkyl halides is 3. The van der Waals surface area contributed by atoms with Gasteiger partial charge in [0, 0.05) is 7.11 Å². The molecule has 0 aliphatic heterocycles. The molecule has 0 radical (unpaired) electrons. The average Bonchev–Trinajstić information content (AvgIpc) is 2.73. The van der Waals surface area contributed by atoms with Crippen molar-refractivity contribution in [2.45, 2.75) is 57.7 Å². The molecule has 0 amide bonds. The zero-order chi connectivity index (χ0) is 22.0. The van der Waals surface area contributed by atoms with Crippen LogP contribution in [0.15, 0.2) is 48.5 Å². The van der Waals surface area contributed by atoms with Gasteiger partial charge in [0.2, 0.25) is 6.10 Å². The third-order valence-corrected chi connectivity index (χ3v) is 4.91. The van der Waals surface area contributed by atoms with Crippen molar-refractivity contribution in [2.24, 2.45) is 0 Å². The molecule has 1 atom stereocenters. The van der Waals surface area contributed by atoms with Crippen LogP contribution in [0.2, 0.25) is 0 Å². The molecule has 2 aromatic carbocycles. The van der Waals surface area contributed by atoms with Crippen LogP contribution in [0.4, 0.5) is 13.2 Å². The number of aryl methyl sites for hydroxylation is 1. The van der Waals surface area contributed by atoms with Gasteiger partial charge in [-0.15, -0.1) is 0 Å². The van der Waals surface area contributed by atoms with E-state index in [4.69, 9.17) is 0 Å². The minimum absolute atomic E-state index is 0.0628. The standard InChI is InChI=1S/C24H29F3O3/c1-3-4-5-6-7-8-18-9-11-19(12-10-18)20-13-15-21(16-14-20)23(28)30-22(17-29-2)24(25,26)27/h9-16,22H,3-8,17H2,1-2H3. The third kappa shape index (κ3) is 7.48. The second-order valence-corrected chi connectivity index (χ2v) is 7.33. The maximum absolute atomic E-state index is 12.9. The van der Waals surface area contributed by atoms with Crippen molar-refractivity contribution in [1.29, 1.82) is 0 Å². The lowest BCUT2D eigenvalue weighted by Gasteiger charge is -2.19. The Labute approximate surface area is 176 Å². The zero-order valence-corrected chi connectivity index (χ0v) is 17.5. The molecule has 1 unspecified atom stereocenters. The van der Waals surface area contributed by atoms with Crippen molar-refractivity contribution < 1.29 is 27.4 Å². The molecule has 0 fully saturated rings. The minimum atomic E-state index is -4.68. The van der Waals surface area contributed by atoms with Crippen molar-refractivity contribution in [2.75, 3.05) is 13.7 Å². The topological polar surface area (TPSA) is 35.5 Å². The molecule has 2 aromatic rings. The van der Waals surface area contributed by atoms with Crippen LogP contribution in [0.1, 0.15) is 54.9 Å². The molecule has 164 valence electrons. The van der Waals surface area contributed by atoms with Gasteiger partial charge in [0.25, 0.3) is 0 Å². The van der Waals surface area contributed by atoms with E-state index in [1.165, 1.54) is 49.8 Å². The summed E-state index contributed by atoms with van der Waals surface area (Å²) in [5, 5.41) is 0. The Morgan fingerprint density at radius 2 is 1.47 bits per heavy atom. The number of carbonyl (C=O) groups is 1. The summed E-state index contributed by atoms with van der Waals surface area (Å²) in [6.45, 7) is 1.47.